The van der Waals surface area contributed by atoms with Gasteiger partial charge >= 0.3 is 0 Å². The van der Waals surface area contributed by atoms with Crippen molar-refractivity contribution in [3.05, 3.63) is 58.1 Å². The minimum atomic E-state index is -0.171. The average molecular weight is 341 g/mol. The van der Waals surface area contributed by atoms with Crippen LogP contribution in [0.5, 0.6) is 0 Å². The Balaban J connectivity index is 1.96. The molecule has 1 fully saturated rings. The largest absolute Gasteiger partial charge is 0.353 e. The van der Waals surface area contributed by atoms with Gasteiger partial charge in [0, 0.05) is 19.3 Å². The molecule has 0 atom stereocenters. The van der Waals surface area contributed by atoms with E-state index in [0.717, 1.165) is 17.7 Å². The molecule has 0 radical (unpaired) electrons. The lowest BCUT2D eigenvalue weighted by atomic mass is 10.2. The molecule has 1 amide bonds. The van der Waals surface area contributed by atoms with Gasteiger partial charge in [-0.05, 0) is 24.9 Å². The molecule has 0 bridgehead atoms. The first kappa shape index (κ1) is 17.2. The van der Waals surface area contributed by atoms with Crippen molar-refractivity contribution in [1.29, 1.82) is 0 Å². The number of aryl methyl sites for hydroxylation is 1. The molecule has 1 aliphatic heterocycles. The van der Waals surface area contributed by atoms with Crippen molar-refractivity contribution in [2.75, 3.05) is 31.1 Å². The van der Waals surface area contributed by atoms with Gasteiger partial charge in [-0.25, -0.2) is 4.98 Å². The molecule has 1 aromatic heterocycles. The molecule has 0 aliphatic carbocycles. The molecule has 7 nitrogen and oxygen atoms in total. The number of carbonyl (C=O) groups is 1. The number of carbonyl (C=O) groups excluding carboxylic acids is 1. The highest BCUT2D eigenvalue weighted by Crippen LogP contribution is 2.11. The Kier molecular flexibility index (Phi) is 5.45. The number of piperazine rings is 1. The van der Waals surface area contributed by atoms with Gasteiger partial charge < -0.3 is 20.5 Å². The summed E-state index contributed by atoms with van der Waals surface area (Å²) in [6.07, 6.45) is 3.31. The normalized spacial score (nSPS) is 14.4. The zero-order valence-electron chi connectivity index (χ0n) is 14.1. The maximum Gasteiger partial charge on any atom is 0.293 e. The molecular formula is C18H23N5O2. The minimum Gasteiger partial charge on any atom is -0.353 e. The molecule has 3 rings (SSSR count). The van der Waals surface area contributed by atoms with E-state index in [2.05, 4.69) is 10.3 Å². The predicted octanol–water partition coefficient (Wildman–Crippen LogP) is 0.119. The number of benzene rings is 1. The highest BCUT2D eigenvalue weighted by Gasteiger charge is 2.21. The number of anilines is 1. The van der Waals surface area contributed by atoms with E-state index in [-0.39, 0.29) is 18.0 Å². The van der Waals surface area contributed by atoms with Gasteiger partial charge in [0.25, 0.3) is 5.56 Å². The maximum absolute atomic E-state index is 12.9. The van der Waals surface area contributed by atoms with Gasteiger partial charge in [-0.3, -0.25) is 9.59 Å². The van der Waals surface area contributed by atoms with E-state index in [9.17, 15) is 9.59 Å². The van der Waals surface area contributed by atoms with Crippen LogP contribution in [-0.4, -0.2) is 41.6 Å². The van der Waals surface area contributed by atoms with Crippen molar-refractivity contribution >= 4 is 11.7 Å². The molecule has 0 saturated carbocycles. The Morgan fingerprint density at radius 1 is 1.20 bits per heavy atom. The van der Waals surface area contributed by atoms with Crippen LogP contribution in [0.4, 0.5) is 5.82 Å². The summed E-state index contributed by atoms with van der Waals surface area (Å²) in [4.78, 5) is 30.9. The zero-order valence-corrected chi connectivity index (χ0v) is 14.1. The van der Waals surface area contributed by atoms with E-state index in [0.29, 0.717) is 38.4 Å². The molecular weight excluding hydrogens is 318 g/mol. The molecule has 1 saturated heterocycles. The fourth-order valence-electron chi connectivity index (χ4n) is 2.91. The van der Waals surface area contributed by atoms with Crippen LogP contribution in [0.3, 0.4) is 0 Å². The third kappa shape index (κ3) is 4.24. The first-order valence-electron chi connectivity index (χ1n) is 8.53. The minimum absolute atomic E-state index is 0.0885. The van der Waals surface area contributed by atoms with Crippen molar-refractivity contribution in [3.63, 3.8) is 0 Å². The van der Waals surface area contributed by atoms with Gasteiger partial charge in [0.15, 0.2) is 5.82 Å². The number of nitrogens with one attached hydrogen (secondary N) is 1. The summed E-state index contributed by atoms with van der Waals surface area (Å²) in [5, 5.41) is 2.77. The Morgan fingerprint density at radius 2 is 2.00 bits per heavy atom. The first-order valence-corrected chi connectivity index (χ1v) is 8.53. The van der Waals surface area contributed by atoms with E-state index in [1.807, 2.05) is 30.3 Å². The highest BCUT2D eigenvalue weighted by molar-refractivity contribution is 5.82. The first-order chi connectivity index (χ1) is 12.2. The molecule has 2 heterocycles. The molecule has 1 aliphatic rings. The van der Waals surface area contributed by atoms with Crippen LogP contribution in [0.25, 0.3) is 0 Å². The van der Waals surface area contributed by atoms with Gasteiger partial charge in [0.2, 0.25) is 5.91 Å². The summed E-state index contributed by atoms with van der Waals surface area (Å²) >= 11 is 0. The van der Waals surface area contributed by atoms with E-state index in [4.69, 9.17) is 5.73 Å². The van der Waals surface area contributed by atoms with Gasteiger partial charge in [0.05, 0.1) is 18.8 Å². The van der Waals surface area contributed by atoms with Crippen LogP contribution in [0.15, 0.2) is 41.3 Å². The molecule has 1 aromatic carbocycles. The van der Waals surface area contributed by atoms with Crippen molar-refractivity contribution in [2.24, 2.45) is 5.73 Å². The summed E-state index contributed by atoms with van der Waals surface area (Å²) in [6.45, 7) is 2.31. The van der Waals surface area contributed by atoms with Gasteiger partial charge in [-0.2, -0.15) is 0 Å². The lowest BCUT2D eigenvalue weighted by Crippen LogP contribution is -2.50. The van der Waals surface area contributed by atoms with Crippen LogP contribution in [-0.2, 0) is 17.8 Å². The zero-order chi connectivity index (χ0) is 17.6. The number of hydrogen-bond acceptors (Lipinski definition) is 5. The SMILES string of the molecule is NCCCc1cn(Cc2ccccc2)c(=O)c(N2CCNC(=O)C2)n1. The second kappa shape index (κ2) is 7.94. The highest BCUT2D eigenvalue weighted by atomic mass is 16.2. The average Bonchev–Trinajstić information content (AvgIpc) is 2.63. The van der Waals surface area contributed by atoms with E-state index >= 15 is 0 Å². The maximum atomic E-state index is 12.9. The second-order valence-corrected chi connectivity index (χ2v) is 6.14. The number of aromatic nitrogens is 2. The summed E-state index contributed by atoms with van der Waals surface area (Å²) in [5.74, 6) is 0.259. The van der Waals surface area contributed by atoms with Crippen LogP contribution >= 0.6 is 0 Å². The van der Waals surface area contributed by atoms with Crippen LogP contribution in [0, 0.1) is 0 Å². The summed E-state index contributed by atoms with van der Waals surface area (Å²) in [7, 11) is 0. The van der Waals surface area contributed by atoms with E-state index < -0.39 is 0 Å². The van der Waals surface area contributed by atoms with Crippen molar-refractivity contribution < 1.29 is 4.79 Å². The van der Waals surface area contributed by atoms with Gasteiger partial charge in [-0.1, -0.05) is 30.3 Å². The lowest BCUT2D eigenvalue weighted by molar-refractivity contribution is -0.120. The van der Waals surface area contributed by atoms with Gasteiger partial charge in [-0.15, -0.1) is 0 Å². The molecule has 2 aromatic rings. The summed E-state index contributed by atoms with van der Waals surface area (Å²) < 4.78 is 1.68. The Bertz CT molecular complexity index is 788. The Morgan fingerprint density at radius 3 is 2.72 bits per heavy atom. The van der Waals surface area contributed by atoms with Crippen LogP contribution < -0.4 is 21.5 Å². The number of rotatable bonds is 6. The van der Waals surface area contributed by atoms with Crippen molar-refractivity contribution in [2.45, 2.75) is 19.4 Å². The molecule has 25 heavy (non-hydrogen) atoms. The summed E-state index contributed by atoms with van der Waals surface area (Å²) in [6, 6.07) is 9.82. The van der Waals surface area contributed by atoms with E-state index in [1.165, 1.54) is 0 Å². The molecule has 3 N–H and O–H groups in total. The molecule has 0 unspecified atom stereocenters. The topological polar surface area (TPSA) is 93.2 Å². The lowest BCUT2D eigenvalue weighted by Gasteiger charge is -2.27. The smallest absolute Gasteiger partial charge is 0.293 e. The Labute approximate surface area is 146 Å². The molecule has 132 valence electrons. The second-order valence-electron chi connectivity index (χ2n) is 6.14. The van der Waals surface area contributed by atoms with Crippen molar-refractivity contribution in [1.82, 2.24) is 14.9 Å². The third-order valence-corrected chi connectivity index (χ3v) is 4.18. The number of nitrogens with two attached hydrogens (primary N) is 1. The third-order valence-electron chi connectivity index (χ3n) is 4.18. The standard InChI is InChI=1S/C18H23N5O2/c19-8-4-7-15-12-23(11-14-5-2-1-3-6-14)18(25)17(21-15)22-10-9-20-16(24)13-22/h1-3,5-6,12H,4,7-11,13,19H2,(H,20,24). The fourth-order valence-corrected chi connectivity index (χ4v) is 2.91. The quantitative estimate of drug-likeness (QED) is 0.778. The van der Waals surface area contributed by atoms with Gasteiger partial charge in [0.1, 0.15) is 0 Å². The van der Waals surface area contributed by atoms with Crippen molar-refractivity contribution in [3.8, 4) is 0 Å². The fraction of sp³-hybridized carbons (Fsp3) is 0.389. The van der Waals surface area contributed by atoms with Crippen LogP contribution in [0.1, 0.15) is 17.7 Å². The number of hydrogen-bond donors (Lipinski definition) is 2. The summed E-state index contributed by atoms with van der Waals surface area (Å²) in [5.41, 5.74) is 7.30. The number of nitrogens with zero attached hydrogens (tertiary/aromatic N) is 3. The Hall–Kier alpha value is -2.67. The number of amides is 1. The monoisotopic (exact) mass is 341 g/mol. The van der Waals surface area contributed by atoms with Crippen LogP contribution in [0.2, 0.25) is 0 Å². The molecule has 0 spiro atoms. The predicted molar refractivity (Wildman–Crippen MR) is 96.6 cm³/mol. The molecule has 7 heteroatoms. The van der Waals surface area contributed by atoms with E-state index in [1.54, 1.807) is 15.7 Å².